The number of ether oxygens (including phenoxy) is 1. The number of benzene rings is 2. The largest absolute Gasteiger partial charge is 0.487 e. The summed E-state index contributed by atoms with van der Waals surface area (Å²) in [7, 11) is 0. The van der Waals surface area contributed by atoms with E-state index in [4.69, 9.17) is 16.3 Å². The van der Waals surface area contributed by atoms with E-state index >= 15 is 0 Å². The number of rotatable bonds is 7. The molecule has 0 atom stereocenters. The van der Waals surface area contributed by atoms with E-state index in [2.05, 4.69) is 10.6 Å². The third-order valence-corrected chi connectivity index (χ3v) is 4.92. The summed E-state index contributed by atoms with van der Waals surface area (Å²) in [5.41, 5.74) is 1.70. The van der Waals surface area contributed by atoms with Crippen LogP contribution in [-0.2, 0) is 11.4 Å². The number of hydrogen-bond donors (Lipinski definition) is 2. The zero-order valence-corrected chi connectivity index (χ0v) is 16.8. The van der Waals surface area contributed by atoms with E-state index in [0.717, 1.165) is 37.9 Å². The quantitative estimate of drug-likeness (QED) is 0.672. The summed E-state index contributed by atoms with van der Waals surface area (Å²) in [5.74, 6) is 1.36. The highest BCUT2D eigenvalue weighted by Gasteiger charge is 2.15. The van der Waals surface area contributed by atoms with Crippen molar-refractivity contribution in [2.45, 2.75) is 32.3 Å². The lowest BCUT2D eigenvalue weighted by molar-refractivity contribution is -0.116. The Hall–Kier alpha value is -1.75. The number of hydrogen-bond acceptors (Lipinski definition) is 3. The van der Waals surface area contributed by atoms with Crippen LogP contribution in [0.3, 0.4) is 0 Å². The minimum atomic E-state index is 0. The number of halogens is 2. The van der Waals surface area contributed by atoms with Crippen molar-refractivity contribution >= 4 is 35.6 Å². The predicted octanol–water partition coefficient (Wildman–Crippen LogP) is 5.06. The molecule has 2 N–H and O–H groups in total. The lowest BCUT2D eigenvalue weighted by Gasteiger charge is -2.22. The topological polar surface area (TPSA) is 50.4 Å². The molecule has 1 aliphatic heterocycles. The molecule has 1 amide bonds. The number of carbonyl (C=O) groups is 1. The number of nitrogens with one attached hydrogen (secondary N) is 2. The average Bonchev–Trinajstić information content (AvgIpc) is 2.67. The van der Waals surface area contributed by atoms with E-state index in [1.165, 1.54) is 0 Å². The van der Waals surface area contributed by atoms with Crippen molar-refractivity contribution < 1.29 is 9.53 Å². The van der Waals surface area contributed by atoms with Gasteiger partial charge in [-0.1, -0.05) is 35.9 Å². The number of para-hydroxylation sites is 2. The molecule has 0 bridgehead atoms. The van der Waals surface area contributed by atoms with Crippen LogP contribution < -0.4 is 15.4 Å². The SMILES string of the molecule is Cl.O=C(CCC1CCNCC1)Nc1ccccc1OCc1cccc(Cl)c1. The normalized spacial score (nSPS) is 14.3. The van der Waals surface area contributed by atoms with E-state index in [9.17, 15) is 4.79 Å². The van der Waals surface area contributed by atoms with Gasteiger partial charge in [-0.2, -0.15) is 0 Å². The van der Waals surface area contributed by atoms with Crippen LogP contribution >= 0.6 is 24.0 Å². The third kappa shape index (κ3) is 7.06. The van der Waals surface area contributed by atoms with Gasteiger partial charge in [-0.05, 0) is 68.1 Å². The van der Waals surface area contributed by atoms with Crippen LogP contribution in [0.5, 0.6) is 5.75 Å². The average molecular weight is 409 g/mol. The van der Waals surface area contributed by atoms with Gasteiger partial charge in [0, 0.05) is 11.4 Å². The zero-order valence-electron chi connectivity index (χ0n) is 15.2. The van der Waals surface area contributed by atoms with Crippen LogP contribution in [0.2, 0.25) is 5.02 Å². The Bertz CT molecular complexity index is 734. The molecule has 0 aromatic heterocycles. The van der Waals surface area contributed by atoms with Crippen molar-refractivity contribution in [3.8, 4) is 5.75 Å². The summed E-state index contributed by atoms with van der Waals surface area (Å²) in [6.07, 6.45) is 3.81. The van der Waals surface area contributed by atoms with Gasteiger partial charge in [0.25, 0.3) is 0 Å². The van der Waals surface area contributed by atoms with Crippen LogP contribution in [-0.4, -0.2) is 19.0 Å². The molecule has 2 aromatic carbocycles. The molecule has 3 rings (SSSR count). The Labute approximate surface area is 172 Å². The first kappa shape index (κ1) is 21.5. The molecule has 2 aromatic rings. The Morgan fingerprint density at radius 3 is 2.70 bits per heavy atom. The van der Waals surface area contributed by atoms with E-state index in [0.29, 0.717) is 35.4 Å². The molecule has 6 heteroatoms. The fourth-order valence-corrected chi connectivity index (χ4v) is 3.41. The molecule has 27 heavy (non-hydrogen) atoms. The summed E-state index contributed by atoms with van der Waals surface area (Å²) in [6, 6.07) is 15.1. The first-order chi connectivity index (χ1) is 12.7. The molecule has 0 spiro atoms. The van der Waals surface area contributed by atoms with Gasteiger partial charge in [0.2, 0.25) is 5.91 Å². The van der Waals surface area contributed by atoms with Crippen LogP contribution in [0, 0.1) is 5.92 Å². The number of piperidine rings is 1. The van der Waals surface area contributed by atoms with Crippen LogP contribution in [0.1, 0.15) is 31.2 Å². The van der Waals surface area contributed by atoms with Gasteiger partial charge in [-0.25, -0.2) is 0 Å². The maximum Gasteiger partial charge on any atom is 0.224 e. The second-order valence-electron chi connectivity index (χ2n) is 6.69. The van der Waals surface area contributed by atoms with Gasteiger partial charge in [-0.15, -0.1) is 12.4 Å². The second-order valence-corrected chi connectivity index (χ2v) is 7.13. The van der Waals surface area contributed by atoms with Crippen molar-refractivity contribution in [2.24, 2.45) is 5.92 Å². The summed E-state index contributed by atoms with van der Waals surface area (Å²) >= 11 is 6.01. The van der Waals surface area contributed by atoms with Crippen molar-refractivity contribution in [3.05, 3.63) is 59.1 Å². The highest BCUT2D eigenvalue weighted by atomic mass is 35.5. The molecule has 1 aliphatic rings. The summed E-state index contributed by atoms with van der Waals surface area (Å²) < 4.78 is 5.89. The molecule has 0 unspecified atom stereocenters. The first-order valence-corrected chi connectivity index (χ1v) is 9.55. The minimum absolute atomic E-state index is 0. The van der Waals surface area contributed by atoms with Gasteiger partial charge < -0.3 is 15.4 Å². The molecule has 1 heterocycles. The van der Waals surface area contributed by atoms with Gasteiger partial charge in [0.15, 0.2) is 0 Å². The number of anilines is 1. The molecule has 1 fully saturated rings. The Kier molecular flexibility index (Phi) is 8.92. The van der Waals surface area contributed by atoms with Crippen molar-refractivity contribution in [2.75, 3.05) is 18.4 Å². The number of carbonyl (C=O) groups excluding carboxylic acids is 1. The Morgan fingerprint density at radius 1 is 1.15 bits per heavy atom. The molecule has 146 valence electrons. The summed E-state index contributed by atoms with van der Waals surface area (Å²) in [5, 5.41) is 7.03. The van der Waals surface area contributed by atoms with Gasteiger partial charge in [0.1, 0.15) is 12.4 Å². The first-order valence-electron chi connectivity index (χ1n) is 9.17. The van der Waals surface area contributed by atoms with Crippen molar-refractivity contribution in [1.82, 2.24) is 5.32 Å². The smallest absolute Gasteiger partial charge is 0.224 e. The molecule has 0 aliphatic carbocycles. The molecule has 4 nitrogen and oxygen atoms in total. The predicted molar refractivity (Wildman–Crippen MR) is 113 cm³/mol. The zero-order chi connectivity index (χ0) is 18.2. The summed E-state index contributed by atoms with van der Waals surface area (Å²) in [6.45, 7) is 2.53. The van der Waals surface area contributed by atoms with Gasteiger partial charge >= 0.3 is 0 Å². The van der Waals surface area contributed by atoms with E-state index in [1.54, 1.807) is 0 Å². The highest BCUT2D eigenvalue weighted by molar-refractivity contribution is 6.30. The monoisotopic (exact) mass is 408 g/mol. The van der Waals surface area contributed by atoms with Crippen molar-refractivity contribution in [1.29, 1.82) is 0 Å². The molecule has 0 saturated carbocycles. The fraction of sp³-hybridized carbons (Fsp3) is 0.381. The maximum atomic E-state index is 12.3. The number of amides is 1. The van der Waals surface area contributed by atoms with Crippen LogP contribution in [0.4, 0.5) is 5.69 Å². The van der Waals surface area contributed by atoms with Crippen molar-refractivity contribution in [3.63, 3.8) is 0 Å². The van der Waals surface area contributed by atoms with Crippen LogP contribution in [0.25, 0.3) is 0 Å². The highest BCUT2D eigenvalue weighted by Crippen LogP contribution is 2.26. The van der Waals surface area contributed by atoms with E-state index < -0.39 is 0 Å². The van der Waals surface area contributed by atoms with Crippen LogP contribution in [0.15, 0.2) is 48.5 Å². The van der Waals surface area contributed by atoms with E-state index in [1.807, 2.05) is 48.5 Å². The van der Waals surface area contributed by atoms with Gasteiger partial charge in [0.05, 0.1) is 5.69 Å². The molecule has 0 radical (unpaired) electrons. The third-order valence-electron chi connectivity index (χ3n) is 4.68. The molecular formula is C21H26Cl2N2O2. The summed E-state index contributed by atoms with van der Waals surface area (Å²) in [4.78, 5) is 12.3. The fourth-order valence-electron chi connectivity index (χ4n) is 3.20. The van der Waals surface area contributed by atoms with E-state index in [-0.39, 0.29) is 18.3 Å². The maximum absolute atomic E-state index is 12.3. The second kappa shape index (κ2) is 11.2. The van der Waals surface area contributed by atoms with Gasteiger partial charge in [-0.3, -0.25) is 4.79 Å². The lowest BCUT2D eigenvalue weighted by Crippen LogP contribution is -2.28. The standard InChI is InChI=1S/C21H25ClN2O2.ClH/c22-18-5-3-4-17(14-18)15-26-20-7-2-1-6-19(20)24-21(25)9-8-16-10-12-23-13-11-16;/h1-7,14,16,23H,8-13,15H2,(H,24,25);1H. The minimum Gasteiger partial charge on any atom is -0.487 e. The lowest BCUT2D eigenvalue weighted by atomic mass is 9.93. The molecule has 1 saturated heterocycles. The molecular weight excluding hydrogens is 383 g/mol. The Balaban J connectivity index is 0.00000261. The Morgan fingerprint density at radius 2 is 1.93 bits per heavy atom.